The van der Waals surface area contributed by atoms with E-state index in [-0.39, 0.29) is 18.1 Å². The molecule has 3 aromatic heterocycles. The van der Waals surface area contributed by atoms with Crippen LogP contribution in [0.2, 0.25) is 0 Å². The van der Waals surface area contributed by atoms with E-state index in [0.29, 0.717) is 11.2 Å². The topological polar surface area (TPSA) is 73.0 Å². The first-order valence-electron chi connectivity index (χ1n) is 7.80. The van der Waals surface area contributed by atoms with Gasteiger partial charge in [-0.1, -0.05) is 0 Å². The molecule has 0 aliphatic carbocycles. The number of likely N-dealkylation sites (tertiary alicyclic amines) is 1. The molecule has 8 heteroatoms. The van der Waals surface area contributed by atoms with Crippen LogP contribution < -0.4 is 5.69 Å². The normalized spacial score (nSPS) is 14.2. The fourth-order valence-corrected chi connectivity index (χ4v) is 3.62. The van der Waals surface area contributed by atoms with Gasteiger partial charge in [0.1, 0.15) is 6.54 Å². The largest absolute Gasteiger partial charge is 0.341 e. The van der Waals surface area contributed by atoms with Crippen LogP contribution in [-0.4, -0.2) is 43.0 Å². The lowest BCUT2D eigenvalue weighted by molar-refractivity contribution is -0.135. The summed E-state index contributed by atoms with van der Waals surface area (Å²) >= 11 is 1.58. The minimum absolute atomic E-state index is 0.0186. The maximum atomic E-state index is 12.5. The molecule has 0 N–H and O–H groups in total. The van der Waals surface area contributed by atoms with Crippen LogP contribution in [0.3, 0.4) is 0 Å². The Morgan fingerprint density at radius 2 is 2.08 bits per heavy atom. The second-order valence-electron chi connectivity index (χ2n) is 5.97. The molecular formula is C16H17N5O2S. The van der Waals surface area contributed by atoms with Gasteiger partial charge in [-0.2, -0.15) is 0 Å². The Bertz CT molecular complexity index is 996. The van der Waals surface area contributed by atoms with Crippen molar-refractivity contribution < 1.29 is 4.79 Å². The number of amides is 1. The summed E-state index contributed by atoms with van der Waals surface area (Å²) in [5.74, 6) is -0.0186. The first-order chi connectivity index (χ1) is 11.5. The van der Waals surface area contributed by atoms with E-state index in [0.717, 1.165) is 35.0 Å². The average Bonchev–Trinajstić information content (AvgIpc) is 3.03. The zero-order valence-electron chi connectivity index (χ0n) is 13.5. The van der Waals surface area contributed by atoms with Gasteiger partial charge >= 0.3 is 5.69 Å². The number of pyridine rings is 1. The van der Waals surface area contributed by atoms with Gasteiger partial charge in [-0.3, -0.25) is 13.9 Å². The number of aryl methyl sites for hydroxylation is 2. The molecule has 24 heavy (non-hydrogen) atoms. The van der Waals surface area contributed by atoms with Gasteiger partial charge in [0.25, 0.3) is 0 Å². The van der Waals surface area contributed by atoms with E-state index < -0.39 is 0 Å². The number of nitrogens with zero attached hydrogens (tertiary/aromatic N) is 5. The highest BCUT2D eigenvalue weighted by atomic mass is 32.1. The fourth-order valence-electron chi connectivity index (χ4n) is 2.86. The van der Waals surface area contributed by atoms with Crippen LogP contribution in [-0.2, 0) is 18.4 Å². The van der Waals surface area contributed by atoms with Crippen molar-refractivity contribution in [3.8, 4) is 10.4 Å². The van der Waals surface area contributed by atoms with E-state index in [4.69, 9.17) is 0 Å². The highest BCUT2D eigenvalue weighted by molar-refractivity contribution is 7.15. The lowest BCUT2D eigenvalue weighted by atomic mass is 10.2. The second-order valence-corrected chi connectivity index (χ2v) is 7.21. The predicted molar refractivity (Wildman–Crippen MR) is 92.0 cm³/mol. The van der Waals surface area contributed by atoms with Crippen LogP contribution in [0, 0.1) is 6.92 Å². The summed E-state index contributed by atoms with van der Waals surface area (Å²) in [6, 6.07) is 1.92. The molecule has 7 nitrogen and oxygen atoms in total. The van der Waals surface area contributed by atoms with Crippen molar-refractivity contribution in [3.05, 3.63) is 34.0 Å². The number of carbonyl (C=O) groups is 1. The maximum Gasteiger partial charge on any atom is 0.330 e. The van der Waals surface area contributed by atoms with Gasteiger partial charge < -0.3 is 4.90 Å². The minimum atomic E-state index is -0.219. The van der Waals surface area contributed by atoms with Crippen molar-refractivity contribution in [2.45, 2.75) is 19.9 Å². The van der Waals surface area contributed by atoms with Crippen LogP contribution in [0.15, 0.2) is 23.3 Å². The summed E-state index contributed by atoms with van der Waals surface area (Å²) in [4.78, 5) is 36.3. The van der Waals surface area contributed by atoms with Gasteiger partial charge in [-0.15, -0.1) is 11.3 Å². The molecule has 0 saturated carbocycles. The van der Waals surface area contributed by atoms with E-state index >= 15 is 0 Å². The lowest BCUT2D eigenvalue weighted by Crippen LogP contribution is -2.44. The minimum Gasteiger partial charge on any atom is -0.341 e. The highest BCUT2D eigenvalue weighted by Gasteiger charge is 2.23. The lowest BCUT2D eigenvalue weighted by Gasteiger charge is -2.30. The van der Waals surface area contributed by atoms with Crippen molar-refractivity contribution in [2.75, 3.05) is 13.1 Å². The van der Waals surface area contributed by atoms with Crippen LogP contribution in [0.4, 0.5) is 0 Å². The van der Waals surface area contributed by atoms with Crippen molar-refractivity contribution in [1.82, 2.24) is 24.0 Å². The second kappa shape index (κ2) is 5.55. The van der Waals surface area contributed by atoms with Gasteiger partial charge in [0.2, 0.25) is 5.91 Å². The van der Waals surface area contributed by atoms with Gasteiger partial charge in [-0.25, -0.2) is 14.8 Å². The first-order valence-corrected chi connectivity index (χ1v) is 8.62. The van der Waals surface area contributed by atoms with E-state index in [9.17, 15) is 9.59 Å². The number of rotatable bonds is 3. The molecule has 1 aliphatic rings. The summed E-state index contributed by atoms with van der Waals surface area (Å²) in [5.41, 5.74) is 1.95. The molecule has 1 saturated heterocycles. The quantitative estimate of drug-likeness (QED) is 0.720. The first kappa shape index (κ1) is 15.1. The fraction of sp³-hybridized carbons (Fsp3) is 0.375. The average molecular weight is 343 g/mol. The number of aromatic nitrogens is 4. The van der Waals surface area contributed by atoms with E-state index in [2.05, 4.69) is 9.97 Å². The SMILES string of the molecule is Cc1ncc(-c2cnc3c(c2)n(CC(=O)N2CCC2)c(=O)n3C)s1. The molecule has 0 unspecified atom stereocenters. The molecule has 4 heterocycles. The van der Waals surface area contributed by atoms with Crippen LogP contribution in [0.25, 0.3) is 21.6 Å². The van der Waals surface area contributed by atoms with Crippen molar-refractivity contribution in [3.63, 3.8) is 0 Å². The third-order valence-corrected chi connectivity index (χ3v) is 5.34. The number of hydrogen-bond donors (Lipinski definition) is 0. The number of fused-ring (bicyclic) bond motifs is 1. The van der Waals surface area contributed by atoms with Crippen molar-refractivity contribution >= 4 is 28.4 Å². The summed E-state index contributed by atoms with van der Waals surface area (Å²) in [7, 11) is 1.68. The van der Waals surface area contributed by atoms with Crippen molar-refractivity contribution in [2.24, 2.45) is 7.05 Å². The Balaban J connectivity index is 1.80. The zero-order chi connectivity index (χ0) is 16.8. The molecule has 1 amide bonds. The van der Waals surface area contributed by atoms with Gasteiger partial charge in [0, 0.05) is 38.1 Å². The molecule has 1 fully saturated rings. The summed E-state index contributed by atoms with van der Waals surface area (Å²) in [6.07, 6.45) is 4.59. The Morgan fingerprint density at radius 3 is 2.71 bits per heavy atom. The predicted octanol–water partition coefficient (Wildman–Crippen LogP) is 1.40. The maximum absolute atomic E-state index is 12.5. The zero-order valence-corrected chi connectivity index (χ0v) is 14.3. The molecule has 0 atom stereocenters. The summed E-state index contributed by atoms with van der Waals surface area (Å²) in [6.45, 7) is 3.57. The third kappa shape index (κ3) is 2.34. The standard InChI is InChI=1S/C16H17N5O2S/c1-10-17-8-13(24-10)11-6-12-15(18-7-11)19(2)16(23)21(12)9-14(22)20-4-3-5-20/h6-8H,3-5,9H2,1-2H3. The Kier molecular flexibility index (Phi) is 3.49. The van der Waals surface area contributed by atoms with Crippen molar-refractivity contribution in [1.29, 1.82) is 0 Å². The molecule has 0 spiro atoms. The number of thiazole rings is 1. The van der Waals surface area contributed by atoms with Crippen LogP contribution >= 0.6 is 11.3 Å². The summed E-state index contributed by atoms with van der Waals surface area (Å²) in [5, 5.41) is 0.975. The molecule has 0 radical (unpaired) electrons. The Morgan fingerprint density at radius 1 is 1.29 bits per heavy atom. The van der Waals surface area contributed by atoms with Crippen LogP contribution in [0.5, 0.6) is 0 Å². The van der Waals surface area contributed by atoms with E-state index in [1.165, 1.54) is 9.13 Å². The number of carbonyl (C=O) groups excluding carboxylic acids is 1. The monoisotopic (exact) mass is 343 g/mol. The molecule has 124 valence electrons. The van der Waals surface area contributed by atoms with Crippen LogP contribution in [0.1, 0.15) is 11.4 Å². The third-order valence-electron chi connectivity index (χ3n) is 4.38. The molecule has 1 aliphatic heterocycles. The Labute approximate surface area is 142 Å². The van der Waals surface area contributed by atoms with E-state index in [1.54, 1.807) is 35.7 Å². The number of hydrogen-bond acceptors (Lipinski definition) is 5. The molecule has 4 rings (SSSR count). The Hall–Kier alpha value is -2.48. The molecule has 0 aromatic carbocycles. The van der Waals surface area contributed by atoms with Gasteiger partial charge in [-0.05, 0) is 19.4 Å². The van der Waals surface area contributed by atoms with Gasteiger partial charge in [0.05, 0.1) is 15.4 Å². The molecular weight excluding hydrogens is 326 g/mol. The summed E-state index contributed by atoms with van der Waals surface area (Å²) < 4.78 is 3.00. The highest BCUT2D eigenvalue weighted by Crippen LogP contribution is 2.27. The number of imidazole rings is 1. The van der Waals surface area contributed by atoms with Gasteiger partial charge in [0.15, 0.2) is 5.65 Å². The molecule has 0 bridgehead atoms. The molecule has 3 aromatic rings. The van der Waals surface area contributed by atoms with E-state index in [1.807, 2.05) is 13.0 Å². The smallest absolute Gasteiger partial charge is 0.330 e.